The summed E-state index contributed by atoms with van der Waals surface area (Å²) in [4.78, 5) is 0. The first kappa shape index (κ1) is 92.5. The average molecular weight is 1660 g/mol. The van der Waals surface area contributed by atoms with Gasteiger partial charge >= 0.3 is 111 Å². The largest absolute Gasteiger partial charge is 1.00 e. The second-order valence-corrected chi connectivity index (χ2v) is 26.2. The molecule has 4 atom stereocenters. The molecule has 0 radical (unpaired) electrons. The van der Waals surface area contributed by atoms with Gasteiger partial charge in [-0.1, -0.05) is 67.2 Å². The normalized spacial score (nSPS) is 19.5. The number of rotatable bonds is 14. The number of aliphatic hydroxyl groups is 2. The van der Waals surface area contributed by atoms with E-state index >= 15 is 0 Å². The van der Waals surface area contributed by atoms with Gasteiger partial charge in [-0.05, 0) is 62.8 Å². The molecule has 8 rings (SSSR count). The molecule has 98 heavy (non-hydrogen) atoms. The van der Waals surface area contributed by atoms with Gasteiger partial charge in [-0.3, -0.25) is 0 Å². The second kappa shape index (κ2) is 42.9. The third-order valence-electron chi connectivity index (χ3n) is 14.6. The summed E-state index contributed by atoms with van der Waals surface area (Å²) >= 11 is 0. The standard InChI is InChI=1S/C60H84O14.2C3H8O.2Ag.2F6P/c1-9-13-41-45-33-51-44(16-12-4)48-36-50-42(14-10-2)46-34-52(60(38-54(46)62-6)74-32-28-70-24-20-66-18-22-68-26-30-72-58(50)40-56(48)64-8)43(15-11-3)47-35-49(41)57(39-55(47)63-7)71-29-25-67-21-17-65-19-23-69-27-31-73-59(51)37-53(45)61-5;2*1-2-3-4;;;2*1-7(2,3,4,5)6/h33-44H,9-32H2,1-8H3;2*4H,2-3H2,1H3;;;;/q;;;2*+1;2*-1/t41-,42-,43-,44-;;;;;;/m0....../s1. The maximum absolute atomic E-state index is 10.7. The molecule has 576 valence electrons. The fourth-order valence-electron chi connectivity index (χ4n) is 10.8. The fourth-order valence-corrected chi connectivity index (χ4v) is 10.8. The number of hydrogen-bond acceptors (Lipinski definition) is 16. The van der Waals surface area contributed by atoms with Crippen molar-refractivity contribution in [3.05, 3.63) is 93.0 Å². The van der Waals surface area contributed by atoms with E-state index in [0.29, 0.717) is 119 Å². The number of fused-ring (bicyclic) bond motifs is 15. The molecule has 0 unspecified atom stereocenters. The van der Waals surface area contributed by atoms with Crippen LogP contribution in [0.4, 0.5) is 50.4 Å². The van der Waals surface area contributed by atoms with Crippen LogP contribution in [0.15, 0.2) is 48.5 Å². The minimum atomic E-state index is -10.7. The third-order valence-corrected chi connectivity index (χ3v) is 14.6. The Morgan fingerprint density at radius 2 is 0.449 bits per heavy atom. The predicted octanol–water partition coefficient (Wildman–Crippen LogP) is 18.9. The maximum atomic E-state index is 9.87. The van der Waals surface area contributed by atoms with Gasteiger partial charge in [0.15, 0.2) is 0 Å². The van der Waals surface area contributed by atoms with E-state index < -0.39 is 15.6 Å². The maximum Gasteiger partial charge on any atom is 1.00 e. The number of halogens is 12. The van der Waals surface area contributed by atoms with Gasteiger partial charge in [0.1, 0.15) is 72.4 Å². The summed E-state index contributed by atoms with van der Waals surface area (Å²) in [6.45, 7) is 19.8. The summed E-state index contributed by atoms with van der Waals surface area (Å²) in [6.07, 6.45) is 8.46. The van der Waals surface area contributed by atoms with Crippen molar-refractivity contribution < 1.29 is 172 Å². The number of benzene rings is 4. The topological polar surface area (TPSA) is 170 Å². The van der Waals surface area contributed by atoms with Gasteiger partial charge in [-0.25, -0.2) is 0 Å². The molecule has 32 heteroatoms. The van der Waals surface area contributed by atoms with E-state index in [4.69, 9.17) is 76.5 Å². The minimum absolute atomic E-state index is 0. The summed E-state index contributed by atoms with van der Waals surface area (Å²) in [5.74, 6) is 5.08. The molecule has 0 amide bonds. The fraction of sp³-hybridized carbons (Fsp3) is 0.636. The molecular formula is C66H100Ag2F12O16P2. The molecule has 10 bridgehead atoms. The average Bonchev–Trinajstić information content (AvgIpc) is 0.747. The molecule has 0 saturated heterocycles. The second-order valence-electron chi connectivity index (χ2n) is 22.3. The van der Waals surface area contributed by atoms with Crippen LogP contribution in [-0.2, 0) is 73.2 Å². The molecule has 3 heterocycles. The Morgan fingerprint density at radius 1 is 0.296 bits per heavy atom. The van der Waals surface area contributed by atoms with Gasteiger partial charge in [-0.2, -0.15) is 0 Å². The van der Waals surface area contributed by atoms with Crippen LogP contribution in [0.1, 0.15) is 174 Å². The first-order chi connectivity index (χ1) is 45.1. The first-order valence-corrected chi connectivity index (χ1v) is 36.4. The van der Waals surface area contributed by atoms with Crippen LogP contribution in [0.3, 0.4) is 0 Å². The van der Waals surface area contributed by atoms with Gasteiger partial charge in [0, 0.05) is 106 Å². The Bertz CT molecular complexity index is 2690. The molecule has 4 aromatic carbocycles. The Balaban J connectivity index is 0.00000173. The molecule has 1 aliphatic carbocycles. The predicted molar refractivity (Wildman–Crippen MR) is 348 cm³/mol. The van der Waals surface area contributed by atoms with Gasteiger partial charge in [0.25, 0.3) is 0 Å². The minimum Gasteiger partial charge on any atom is 1.00 e. The molecule has 0 saturated carbocycles. The Hall–Kier alpha value is -3.54. The first-order valence-electron chi connectivity index (χ1n) is 32.3. The van der Waals surface area contributed by atoms with Crippen LogP contribution >= 0.6 is 15.6 Å². The zero-order chi connectivity index (χ0) is 71.7. The SMILES string of the molecule is CCCO.CCCO.CCC[C@H]1c2cc3c(cc2OC)OCCOCCOCCOCCOc2cc(OC)c(cc21)[C@H](CCC)c1cc2c(OC)cc1OCCOCCOCCOCCOc1cc(OC)c(cc1[C@H]2CCC)[C@@H]3CCC.F[P-](F)(F)(F)(F)F.F[P-](F)(F)(F)(F)F.[Ag+].[Ag+]. The molecule has 0 fully saturated rings. The van der Waals surface area contributed by atoms with Crippen LogP contribution in [0, 0.1) is 0 Å². The number of hydrogen-bond donors (Lipinski definition) is 2. The summed E-state index contributed by atoms with van der Waals surface area (Å²) < 4.78 is 207. The van der Waals surface area contributed by atoms with E-state index in [1.807, 2.05) is 13.8 Å². The number of aliphatic hydroxyl groups excluding tert-OH is 2. The summed E-state index contributed by atoms with van der Waals surface area (Å²) in [7, 11) is -14.3. The van der Waals surface area contributed by atoms with E-state index in [9.17, 15) is 50.4 Å². The molecule has 3 aliphatic heterocycles. The number of ether oxygens (including phenoxy) is 14. The van der Waals surface area contributed by atoms with Crippen LogP contribution in [0.25, 0.3) is 0 Å². The zero-order valence-corrected chi connectivity index (χ0v) is 62.1. The molecule has 0 aromatic heterocycles. The van der Waals surface area contributed by atoms with Crippen LogP contribution < -0.4 is 37.9 Å². The molecule has 4 aromatic rings. The van der Waals surface area contributed by atoms with Crippen LogP contribution in [0.2, 0.25) is 0 Å². The third kappa shape index (κ3) is 36.1. The van der Waals surface area contributed by atoms with E-state index in [2.05, 4.69) is 76.2 Å². The summed E-state index contributed by atoms with van der Waals surface area (Å²) in [5, 5.41) is 15.8. The van der Waals surface area contributed by atoms with E-state index in [-0.39, 0.29) is 68.4 Å². The Labute approximate surface area is 599 Å². The van der Waals surface area contributed by atoms with Crippen molar-refractivity contribution in [3.63, 3.8) is 0 Å². The van der Waals surface area contributed by atoms with Gasteiger partial charge in [0.2, 0.25) is 0 Å². The van der Waals surface area contributed by atoms with Gasteiger partial charge < -0.3 is 76.5 Å². The molecular weight excluding hydrogens is 1550 g/mol. The van der Waals surface area contributed by atoms with Crippen molar-refractivity contribution in [2.75, 3.05) is 147 Å². The zero-order valence-electron chi connectivity index (χ0n) is 57.4. The van der Waals surface area contributed by atoms with Gasteiger partial charge in [-0.15, -0.1) is 0 Å². The number of methoxy groups -OCH3 is 4. The van der Waals surface area contributed by atoms with Crippen molar-refractivity contribution in [3.8, 4) is 46.0 Å². The molecule has 2 N–H and O–H groups in total. The molecule has 0 spiro atoms. The van der Waals surface area contributed by atoms with Crippen LogP contribution in [0.5, 0.6) is 46.0 Å². The molecule has 4 aliphatic rings. The molecule has 16 nitrogen and oxygen atoms in total. The van der Waals surface area contributed by atoms with Crippen molar-refractivity contribution in [2.45, 2.75) is 129 Å². The monoisotopic (exact) mass is 1650 g/mol. The van der Waals surface area contributed by atoms with Crippen molar-refractivity contribution in [2.24, 2.45) is 0 Å². The van der Waals surface area contributed by atoms with E-state index in [1.54, 1.807) is 28.4 Å². The Morgan fingerprint density at radius 3 is 0.582 bits per heavy atom. The quantitative estimate of drug-likeness (QED) is 0.0529. The van der Waals surface area contributed by atoms with Crippen molar-refractivity contribution in [1.82, 2.24) is 0 Å². The summed E-state index contributed by atoms with van der Waals surface area (Å²) in [6, 6.07) is 17.6. The van der Waals surface area contributed by atoms with Crippen molar-refractivity contribution in [1.29, 1.82) is 0 Å². The van der Waals surface area contributed by atoms with Crippen molar-refractivity contribution >= 4 is 15.6 Å². The van der Waals surface area contributed by atoms with E-state index in [0.717, 1.165) is 155 Å². The van der Waals surface area contributed by atoms with E-state index in [1.165, 1.54) is 0 Å². The van der Waals surface area contributed by atoms with Gasteiger partial charge in [0.05, 0.1) is 108 Å². The van der Waals surface area contributed by atoms with Crippen LogP contribution in [-0.4, -0.2) is 158 Å². The summed E-state index contributed by atoms with van der Waals surface area (Å²) in [5.41, 5.74) is 8.25. The smallest absolute Gasteiger partial charge is 1.00 e. The Kier molecular flexibility index (Phi) is 40.5.